The lowest BCUT2D eigenvalue weighted by Crippen LogP contribution is -2.58. The molecule has 1 aromatic heterocycles. The van der Waals surface area contributed by atoms with Gasteiger partial charge in [0, 0.05) is 43.1 Å². The number of carbonyl (C=O) groups excluding carboxylic acids is 1. The van der Waals surface area contributed by atoms with E-state index in [4.69, 9.17) is 9.47 Å². The summed E-state index contributed by atoms with van der Waals surface area (Å²) in [6.07, 6.45) is 2.60. The third-order valence-corrected chi connectivity index (χ3v) is 5.35. The first-order valence-corrected chi connectivity index (χ1v) is 9.08. The Kier molecular flexibility index (Phi) is 4.61. The van der Waals surface area contributed by atoms with E-state index in [0.717, 1.165) is 37.2 Å². The molecule has 7 nitrogen and oxygen atoms in total. The molecule has 3 heterocycles. The van der Waals surface area contributed by atoms with Crippen molar-refractivity contribution >= 4 is 11.6 Å². The number of phenolic OH excluding ortho intramolecular Hbond substituents is 1. The Hall–Kier alpha value is -2.80. The molecule has 2 fully saturated rings. The standard InChI is InChI=1S/C20H23N3O4/c1-26-17-7-2-14(12-21-17)18-19(25)22-13-20(27-18)8-10-23(11-9-20)15-3-5-16(24)6-4-15/h2-7,12,18,24H,8-11,13H2,1H3,(H,22,25). The average molecular weight is 369 g/mol. The van der Waals surface area contributed by atoms with Crippen LogP contribution in [0.4, 0.5) is 5.69 Å². The Morgan fingerprint density at radius 2 is 1.96 bits per heavy atom. The van der Waals surface area contributed by atoms with Crippen LogP contribution in [0.15, 0.2) is 42.6 Å². The molecule has 2 aliphatic rings. The average Bonchev–Trinajstić information content (AvgIpc) is 2.71. The summed E-state index contributed by atoms with van der Waals surface area (Å²) in [6.45, 7) is 2.18. The van der Waals surface area contributed by atoms with Gasteiger partial charge in [0.1, 0.15) is 5.75 Å². The molecule has 1 spiro atoms. The Morgan fingerprint density at radius 1 is 1.22 bits per heavy atom. The minimum atomic E-state index is -0.655. The molecule has 2 aliphatic heterocycles. The molecule has 0 bridgehead atoms. The van der Waals surface area contributed by atoms with Gasteiger partial charge >= 0.3 is 0 Å². The van der Waals surface area contributed by atoms with Crippen LogP contribution in [-0.4, -0.2) is 48.3 Å². The molecule has 1 aromatic carbocycles. The predicted molar refractivity (Wildman–Crippen MR) is 99.9 cm³/mol. The van der Waals surface area contributed by atoms with Crippen molar-refractivity contribution < 1.29 is 19.4 Å². The predicted octanol–water partition coefficient (Wildman–Crippen LogP) is 2.02. The molecule has 0 saturated carbocycles. The smallest absolute Gasteiger partial charge is 0.253 e. The number of hydrogen-bond acceptors (Lipinski definition) is 6. The van der Waals surface area contributed by atoms with Crippen LogP contribution in [0.1, 0.15) is 24.5 Å². The van der Waals surface area contributed by atoms with Crippen molar-refractivity contribution in [1.29, 1.82) is 0 Å². The van der Waals surface area contributed by atoms with E-state index in [0.29, 0.717) is 12.4 Å². The number of phenols is 1. The number of anilines is 1. The second-order valence-electron chi connectivity index (χ2n) is 7.04. The summed E-state index contributed by atoms with van der Waals surface area (Å²) in [6, 6.07) is 10.8. The van der Waals surface area contributed by atoms with Gasteiger partial charge in [-0.3, -0.25) is 4.79 Å². The second-order valence-corrected chi connectivity index (χ2v) is 7.04. The van der Waals surface area contributed by atoms with Gasteiger partial charge in [0.2, 0.25) is 5.88 Å². The van der Waals surface area contributed by atoms with Gasteiger partial charge in [-0.2, -0.15) is 0 Å². The van der Waals surface area contributed by atoms with Crippen molar-refractivity contribution in [2.75, 3.05) is 31.6 Å². The third-order valence-electron chi connectivity index (χ3n) is 5.35. The summed E-state index contributed by atoms with van der Waals surface area (Å²) in [5.74, 6) is 0.641. The lowest BCUT2D eigenvalue weighted by molar-refractivity contribution is -0.166. The van der Waals surface area contributed by atoms with Gasteiger partial charge < -0.3 is 24.8 Å². The molecule has 27 heavy (non-hydrogen) atoms. The Bertz CT molecular complexity index is 799. The molecule has 4 rings (SSSR count). The van der Waals surface area contributed by atoms with E-state index in [1.54, 1.807) is 31.5 Å². The van der Waals surface area contributed by atoms with Crippen molar-refractivity contribution in [1.82, 2.24) is 10.3 Å². The summed E-state index contributed by atoms with van der Waals surface area (Å²) >= 11 is 0. The third kappa shape index (κ3) is 3.55. The maximum absolute atomic E-state index is 12.4. The van der Waals surface area contributed by atoms with Gasteiger partial charge in [0.25, 0.3) is 5.91 Å². The number of morpholine rings is 1. The van der Waals surface area contributed by atoms with E-state index >= 15 is 0 Å². The van der Waals surface area contributed by atoms with Crippen molar-refractivity contribution in [2.45, 2.75) is 24.5 Å². The SMILES string of the molecule is COc1ccc(C2OC3(CCN(c4ccc(O)cc4)CC3)CNC2=O)cn1. The summed E-state index contributed by atoms with van der Waals surface area (Å²) in [4.78, 5) is 18.8. The summed E-state index contributed by atoms with van der Waals surface area (Å²) in [5, 5.41) is 12.5. The van der Waals surface area contributed by atoms with Gasteiger partial charge in [-0.25, -0.2) is 4.98 Å². The highest BCUT2D eigenvalue weighted by Crippen LogP contribution is 2.36. The molecular weight excluding hydrogens is 346 g/mol. The van der Waals surface area contributed by atoms with Crippen LogP contribution < -0.4 is 15.0 Å². The number of piperidine rings is 1. The molecule has 2 N–H and O–H groups in total. The molecule has 7 heteroatoms. The molecule has 142 valence electrons. The number of pyridine rings is 1. The lowest BCUT2D eigenvalue weighted by Gasteiger charge is -2.46. The normalized spacial score (nSPS) is 21.7. The molecule has 0 aliphatic carbocycles. The zero-order valence-electron chi connectivity index (χ0n) is 15.2. The van der Waals surface area contributed by atoms with Gasteiger partial charge in [-0.1, -0.05) is 0 Å². The highest BCUT2D eigenvalue weighted by Gasteiger charge is 2.44. The zero-order valence-corrected chi connectivity index (χ0v) is 15.2. The first kappa shape index (κ1) is 17.6. The molecular formula is C20H23N3O4. The maximum Gasteiger partial charge on any atom is 0.253 e. The number of nitrogens with zero attached hydrogens (tertiary/aromatic N) is 2. The molecule has 2 saturated heterocycles. The van der Waals surface area contributed by atoms with E-state index < -0.39 is 6.10 Å². The van der Waals surface area contributed by atoms with Crippen molar-refractivity contribution in [3.8, 4) is 11.6 Å². The molecule has 1 atom stereocenters. The van der Waals surface area contributed by atoms with E-state index in [1.807, 2.05) is 18.2 Å². The van der Waals surface area contributed by atoms with Crippen LogP contribution in [0, 0.1) is 0 Å². The fourth-order valence-electron chi connectivity index (χ4n) is 3.70. The Morgan fingerprint density at radius 3 is 2.59 bits per heavy atom. The molecule has 1 unspecified atom stereocenters. The Balaban J connectivity index is 1.46. The van der Waals surface area contributed by atoms with Gasteiger partial charge in [-0.05, 0) is 43.2 Å². The van der Waals surface area contributed by atoms with E-state index in [-0.39, 0.29) is 17.3 Å². The minimum absolute atomic E-state index is 0.131. The molecule has 1 amide bonds. The number of rotatable bonds is 3. The number of benzene rings is 1. The quantitative estimate of drug-likeness (QED) is 0.861. The van der Waals surface area contributed by atoms with Crippen molar-refractivity contribution in [3.05, 3.63) is 48.2 Å². The second kappa shape index (κ2) is 7.08. The van der Waals surface area contributed by atoms with Crippen LogP contribution in [0.5, 0.6) is 11.6 Å². The highest BCUT2D eigenvalue weighted by atomic mass is 16.5. The van der Waals surface area contributed by atoms with Gasteiger partial charge in [0.15, 0.2) is 6.10 Å². The first-order chi connectivity index (χ1) is 13.1. The number of nitrogens with one attached hydrogen (secondary N) is 1. The maximum atomic E-state index is 12.4. The minimum Gasteiger partial charge on any atom is -0.508 e. The van der Waals surface area contributed by atoms with Crippen LogP contribution >= 0.6 is 0 Å². The van der Waals surface area contributed by atoms with E-state index in [1.165, 1.54) is 0 Å². The largest absolute Gasteiger partial charge is 0.508 e. The number of ether oxygens (including phenoxy) is 2. The van der Waals surface area contributed by atoms with Crippen molar-refractivity contribution in [3.63, 3.8) is 0 Å². The summed E-state index contributed by atoms with van der Waals surface area (Å²) in [7, 11) is 1.56. The number of aromatic nitrogens is 1. The highest BCUT2D eigenvalue weighted by molar-refractivity contribution is 5.83. The zero-order chi connectivity index (χ0) is 18.9. The fourth-order valence-corrected chi connectivity index (χ4v) is 3.70. The van der Waals surface area contributed by atoms with Gasteiger partial charge in [-0.15, -0.1) is 0 Å². The topological polar surface area (TPSA) is 83.9 Å². The van der Waals surface area contributed by atoms with Gasteiger partial charge in [0.05, 0.1) is 12.7 Å². The lowest BCUT2D eigenvalue weighted by atomic mass is 9.88. The van der Waals surface area contributed by atoms with Crippen LogP contribution in [0.3, 0.4) is 0 Å². The summed E-state index contributed by atoms with van der Waals surface area (Å²) < 4.78 is 11.4. The van der Waals surface area contributed by atoms with Crippen LogP contribution in [-0.2, 0) is 9.53 Å². The molecule has 2 aromatic rings. The van der Waals surface area contributed by atoms with E-state index in [2.05, 4.69) is 15.2 Å². The monoisotopic (exact) mass is 369 g/mol. The molecule has 0 radical (unpaired) electrons. The number of aromatic hydroxyl groups is 1. The van der Waals surface area contributed by atoms with Crippen LogP contribution in [0.25, 0.3) is 0 Å². The number of hydrogen-bond donors (Lipinski definition) is 2. The number of amides is 1. The fraction of sp³-hybridized carbons (Fsp3) is 0.400. The van der Waals surface area contributed by atoms with Crippen molar-refractivity contribution in [2.24, 2.45) is 0 Å². The Labute approximate surface area is 157 Å². The van der Waals surface area contributed by atoms with E-state index in [9.17, 15) is 9.90 Å². The number of carbonyl (C=O) groups is 1. The first-order valence-electron chi connectivity index (χ1n) is 9.08. The number of methoxy groups -OCH3 is 1. The summed E-state index contributed by atoms with van der Waals surface area (Å²) in [5.41, 5.74) is 1.44. The van der Waals surface area contributed by atoms with Crippen LogP contribution in [0.2, 0.25) is 0 Å².